The Morgan fingerprint density at radius 2 is 2.23 bits per heavy atom. The smallest absolute Gasteiger partial charge is 0.318 e. The number of anilines is 1. The van der Waals surface area contributed by atoms with Crippen molar-refractivity contribution in [3.05, 3.63) is 48.2 Å². The van der Waals surface area contributed by atoms with Gasteiger partial charge in [-0.1, -0.05) is 6.07 Å². The Kier molecular flexibility index (Phi) is 5.50. The van der Waals surface area contributed by atoms with Crippen LogP contribution in [-0.2, 0) is 6.54 Å². The molecule has 1 saturated heterocycles. The van der Waals surface area contributed by atoms with Crippen LogP contribution in [0.2, 0.25) is 0 Å². The predicted molar refractivity (Wildman–Crippen MR) is 95.6 cm³/mol. The van der Waals surface area contributed by atoms with Crippen molar-refractivity contribution in [2.75, 3.05) is 31.6 Å². The zero-order valence-corrected chi connectivity index (χ0v) is 14.9. The molecule has 1 unspecified atom stereocenters. The van der Waals surface area contributed by atoms with Crippen molar-refractivity contribution in [3.63, 3.8) is 0 Å². The van der Waals surface area contributed by atoms with Crippen LogP contribution in [0.25, 0.3) is 0 Å². The summed E-state index contributed by atoms with van der Waals surface area (Å²) in [6, 6.07) is 5.12. The Hall–Kier alpha value is -2.90. The predicted octanol–water partition coefficient (Wildman–Crippen LogP) is 2.04. The lowest BCUT2D eigenvalue weighted by Crippen LogP contribution is -2.56. The molecule has 1 aliphatic rings. The molecule has 1 aliphatic heterocycles. The van der Waals surface area contributed by atoms with Gasteiger partial charge in [0.2, 0.25) is 5.88 Å². The normalized spacial score (nSPS) is 17.1. The fourth-order valence-electron chi connectivity index (χ4n) is 3.12. The number of nitrogens with zero attached hydrogens (tertiary/aromatic N) is 4. The zero-order chi connectivity index (χ0) is 18.5. The molecule has 1 N–H and O–H groups in total. The van der Waals surface area contributed by atoms with Crippen LogP contribution in [0.5, 0.6) is 5.88 Å². The average Bonchev–Trinajstić information content (AvgIpc) is 2.66. The molecule has 2 aromatic heterocycles. The number of aromatic nitrogens is 2. The SMILES string of the molecule is COc1ncccc1CNC(=O)N1CCN(c2ccncc2F)CC1C. The van der Waals surface area contributed by atoms with Crippen LogP contribution in [0, 0.1) is 5.82 Å². The molecule has 8 heteroatoms. The van der Waals surface area contributed by atoms with Crippen molar-refractivity contribution < 1.29 is 13.9 Å². The molecule has 0 radical (unpaired) electrons. The minimum absolute atomic E-state index is 0.0490. The first-order valence-corrected chi connectivity index (χ1v) is 8.47. The van der Waals surface area contributed by atoms with Crippen LogP contribution in [0.15, 0.2) is 36.8 Å². The number of piperazine rings is 1. The minimum atomic E-state index is -0.346. The van der Waals surface area contributed by atoms with Crippen molar-refractivity contribution in [2.45, 2.75) is 19.5 Å². The molecule has 2 aromatic rings. The first-order valence-electron chi connectivity index (χ1n) is 8.47. The first-order chi connectivity index (χ1) is 12.6. The van der Waals surface area contributed by atoms with E-state index in [1.807, 2.05) is 17.9 Å². The molecule has 0 saturated carbocycles. The summed E-state index contributed by atoms with van der Waals surface area (Å²) in [5, 5.41) is 2.90. The number of hydrogen-bond donors (Lipinski definition) is 1. The number of carbonyl (C=O) groups excluding carboxylic acids is 1. The van der Waals surface area contributed by atoms with Gasteiger partial charge in [-0.15, -0.1) is 0 Å². The largest absolute Gasteiger partial charge is 0.481 e. The maximum atomic E-state index is 13.9. The molecule has 2 amide bonds. The van der Waals surface area contributed by atoms with E-state index in [9.17, 15) is 9.18 Å². The number of methoxy groups -OCH3 is 1. The lowest BCUT2D eigenvalue weighted by atomic mass is 10.2. The highest BCUT2D eigenvalue weighted by Gasteiger charge is 2.28. The van der Waals surface area contributed by atoms with Crippen LogP contribution >= 0.6 is 0 Å². The van der Waals surface area contributed by atoms with Crippen LogP contribution < -0.4 is 15.0 Å². The van der Waals surface area contributed by atoms with Crippen molar-refractivity contribution in [1.29, 1.82) is 0 Å². The maximum Gasteiger partial charge on any atom is 0.318 e. The second-order valence-electron chi connectivity index (χ2n) is 6.15. The van der Waals surface area contributed by atoms with Gasteiger partial charge in [0, 0.05) is 50.2 Å². The average molecular weight is 359 g/mol. The number of hydrogen-bond acceptors (Lipinski definition) is 5. The molecular formula is C18H22FN5O2. The van der Waals surface area contributed by atoms with Gasteiger partial charge in [-0.3, -0.25) is 4.98 Å². The molecule has 26 heavy (non-hydrogen) atoms. The number of halogens is 1. The van der Waals surface area contributed by atoms with E-state index in [4.69, 9.17) is 4.74 Å². The summed E-state index contributed by atoms with van der Waals surface area (Å²) in [5.41, 5.74) is 1.33. The van der Waals surface area contributed by atoms with E-state index < -0.39 is 0 Å². The Morgan fingerprint density at radius 1 is 1.38 bits per heavy atom. The molecule has 138 valence electrons. The highest BCUT2D eigenvalue weighted by atomic mass is 19.1. The topological polar surface area (TPSA) is 70.6 Å². The van der Waals surface area contributed by atoms with Gasteiger partial charge in [0.05, 0.1) is 19.0 Å². The van der Waals surface area contributed by atoms with Gasteiger partial charge >= 0.3 is 6.03 Å². The van der Waals surface area contributed by atoms with E-state index in [1.165, 1.54) is 6.20 Å². The van der Waals surface area contributed by atoms with E-state index >= 15 is 0 Å². The number of amides is 2. The van der Waals surface area contributed by atoms with Crippen LogP contribution in [0.1, 0.15) is 12.5 Å². The summed E-state index contributed by atoms with van der Waals surface area (Å²) in [5.74, 6) is 0.153. The van der Waals surface area contributed by atoms with Gasteiger partial charge in [0.1, 0.15) is 0 Å². The maximum absolute atomic E-state index is 13.9. The number of pyridine rings is 2. The molecule has 0 spiro atoms. The lowest BCUT2D eigenvalue weighted by Gasteiger charge is -2.40. The van der Waals surface area contributed by atoms with Crippen molar-refractivity contribution in [2.24, 2.45) is 0 Å². The molecule has 1 atom stereocenters. The number of ether oxygens (including phenoxy) is 1. The minimum Gasteiger partial charge on any atom is -0.481 e. The number of urea groups is 1. The van der Waals surface area contributed by atoms with Crippen molar-refractivity contribution >= 4 is 11.7 Å². The standard InChI is InChI=1S/C18H22FN5O2/c1-13-12-23(16-5-7-20-11-15(16)19)8-9-24(13)18(25)22-10-14-4-3-6-21-17(14)26-2/h3-7,11,13H,8-10,12H2,1-2H3,(H,22,25). The zero-order valence-electron chi connectivity index (χ0n) is 14.9. The van der Waals surface area contributed by atoms with Crippen LogP contribution in [0.4, 0.5) is 14.9 Å². The lowest BCUT2D eigenvalue weighted by molar-refractivity contribution is 0.171. The summed E-state index contributed by atoms with van der Waals surface area (Å²) in [6.07, 6.45) is 4.42. The van der Waals surface area contributed by atoms with Gasteiger partial charge in [-0.2, -0.15) is 0 Å². The molecular weight excluding hydrogens is 337 g/mol. The van der Waals surface area contributed by atoms with Gasteiger partial charge in [-0.05, 0) is 19.1 Å². The molecule has 3 rings (SSSR count). The fraction of sp³-hybridized carbons (Fsp3) is 0.389. The van der Waals surface area contributed by atoms with Gasteiger partial charge in [0.25, 0.3) is 0 Å². The van der Waals surface area contributed by atoms with E-state index in [2.05, 4.69) is 15.3 Å². The van der Waals surface area contributed by atoms with E-state index in [1.54, 1.807) is 36.5 Å². The third-order valence-corrected chi connectivity index (χ3v) is 4.45. The van der Waals surface area contributed by atoms with Crippen LogP contribution in [0.3, 0.4) is 0 Å². The molecule has 7 nitrogen and oxygen atoms in total. The third kappa shape index (κ3) is 3.84. The Balaban J connectivity index is 1.59. The Morgan fingerprint density at radius 3 is 2.96 bits per heavy atom. The fourth-order valence-corrected chi connectivity index (χ4v) is 3.12. The summed E-state index contributed by atoms with van der Waals surface area (Å²) in [6.45, 7) is 3.93. The summed E-state index contributed by atoms with van der Waals surface area (Å²) in [4.78, 5) is 24.1. The quantitative estimate of drug-likeness (QED) is 0.905. The van der Waals surface area contributed by atoms with E-state index in [0.29, 0.717) is 37.7 Å². The molecule has 0 aliphatic carbocycles. The van der Waals surface area contributed by atoms with Gasteiger partial charge in [-0.25, -0.2) is 14.2 Å². The first kappa shape index (κ1) is 17.9. The molecule has 0 aromatic carbocycles. The highest BCUT2D eigenvalue weighted by Crippen LogP contribution is 2.21. The monoisotopic (exact) mass is 359 g/mol. The van der Waals surface area contributed by atoms with Crippen molar-refractivity contribution in [3.8, 4) is 5.88 Å². The summed E-state index contributed by atoms with van der Waals surface area (Å²) < 4.78 is 19.1. The van der Waals surface area contributed by atoms with E-state index in [0.717, 1.165) is 5.56 Å². The molecule has 0 bridgehead atoms. The highest BCUT2D eigenvalue weighted by molar-refractivity contribution is 5.75. The van der Waals surface area contributed by atoms with Gasteiger partial charge < -0.3 is 19.9 Å². The van der Waals surface area contributed by atoms with E-state index in [-0.39, 0.29) is 17.9 Å². The molecule has 3 heterocycles. The second kappa shape index (κ2) is 7.99. The third-order valence-electron chi connectivity index (χ3n) is 4.45. The van der Waals surface area contributed by atoms with Gasteiger partial charge in [0.15, 0.2) is 5.82 Å². The Labute approximate surface area is 151 Å². The Bertz CT molecular complexity index is 773. The second-order valence-corrected chi connectivity index (χ2v) is 6.15. The number of carbonyl (C=O) groups is 1. The summed E-state index contributed by atoms with van der Waals surface area (Å²) in [7, 11) is 1.55. The van der Waals surface area contributed by atoms with Crippen molar-refractivity contribution in [1.82, 2.24) is 20.2 Å². The molecule has 1 fully saturated rings. The summed E-state index contributed by atoms with van der Waals surface area (Å²) >= 11 is 0. The van der Waals surface area contributed by atoms with Crippen LogP contribution in [-0.4, -0.2) is 53.7 Å². The number of rotatable bonds is 4. The number of nitrogens with one attached hydrogen (secondary N) is 1.